The number of hydrogen-bond donors (Lipinski definition) is 0. The number of rotatable bonds is 8. The van der Waals surface area contributed by atoms with Crippen LogP contribution >= 0.6 is 0 Å². The molecule has 4 aromatic carbocycles. The number of hydrogen-bond acceptors (Lipinski definition) is 14. The number of carbonyl (C=O) groups is 2. The van der Waals surface area contributed by atoms with Crippen molar-refractivity contribution in [1.29, 1.82) is 0 Å². The largest absolute Gasteiger partial charge is 0.491 e. The lowest BCUT2D eigenvalue weighted by atomic mass is 10.2. The summed E-state index contributed by atoms with van der Waals surface area (Å²) in [5.74, 6) is 3.35. The Morgan fingerprint density at radius 2 is 0.828 bits per heavy atom. The molecule has 0 aliphatic carbocycles. The van der Waals surface area contributed by atoms with Gasteiger partial charge in [0, 0.05) is 17.7 Å². The first-order valence-corrected chi connectivity index (χ1v) is 19.3. The van der Waals surface area contributed by atoms with Crippen LogP contribution in [0, 0.1) is 0 Å². The molecular weight excluding hydrogens is 752 g/mol. The van der Waals surface area contributed by atoms with Crippen molar-refractivity contribution in [3.05, 3.63) is 107 Å². The molecule has 0 amide bonds. The predicted molar refractivity (Wildman–Crippen MR) is 212 cm³/mol. The monoisotopic (exact) mass is 804 g/mol. The molecular formula is C44H52O14. The third-order valence-corrected chi connectivity index (χ3v) is 8.31. The Hall–Kier alpha value is -5.22. The highest BCUT2D eigenvalue weighted by Crippen LogP contribution is 2.28. The van der Waals surface area contributed by atoms with E-state index in [1.54, 1.807) is 48.5 Å². The Labute approximate surface area is 339 Å². The molecule has 1 heterocycles. The molecule has 0 saturated heterocycles. The SMILES string of the molecule is O=Cc1ccccc1OCc1cc2cc(c1)OCCOCCOCCOCCOc1cc(ccc1COc1ccccc1C=O)OCCOCCOCCOCCO2. The summed E-state index contributed by atoms with van der Waals surface area (Å²) >= 11 is 0. The van der Waals surface area contributed by atoms with Crippen LogP contribution in [0.2, 0.25) is 0 Å². The van der Waals surface area contributed by atoms with Crippen LogP contribution in [0.15, 0.2) is 84.9 Å². The first-order valence-electron chi connectivity index (χ1n) is 19.3. The average molecular weight is 805 g/mol. The summed E-state index contributed by atoms with van der Waals surface area (Å²) in [6.45, 7) is 6.25. The highest BCUT2D eigenvalue weighted by atomic mass is 16.6. The number of fused-ring (bicyclic) bond motifs is 4. The van der Waals surface area contributed by atoms with Crippen LogP contribution < -0.4 is 28.4 Å². The van der Waals surface area contributed by atoms with Gasteiger partial charge in [-0.1, -0.05) is 24.3 Å². The maximum absolute atomic E-state index is 11.5. The highest BCUT2D eigenvalue weighted by Gasteiger charge is 2.11. The van der Waals surface area contributed by atoms with E-state index in [4.69, 9.17) is 56.8 Å². The second-order valence-electron chi connectivity index (χ2n) is 12.5. The van der Waals surface area contributed by atoms with E-state index in [9.17, 15) is 9.59 Å². The van der Waals surface area contributed by atoms with Gasteiger partial charge in [0.05, 0.1) is 90.4 Å². The van der Waals surface area contributed by atoms with Crippen molar-refractivity contribution in [1.82, 2.24) is 0 Å². The van der Waals surface area contributed by atoms with Crippen LogP contribution in [0.25, 0.3) is 0 Å². The molecule has 312 valence electrons. The zero-order chi connectivity index (χ0) is 40.3. The summed E-state index contributed by atoms with van der Waals surface area (Å²) in [6.07, 6.45) is 1.53. The van der Waals surface area contributed by atoms with Crippen LogP contribution in [0.3, 0.4) is 0 Å². The molecule has 58 heavy (non-hydrogen) atoms. The summed E-state index contributed by atoms with van der Waals surface area (Å²) in [7, 11) is 0. The van der Waals surface area contributed by atoms with Gasteiger partial charge in [0.2, 0.25) is 0 Å². The van der Waals surface area contributed by atoms with E-state index in [-0.39, 0.29) is 19.8 Å². The zero-order valence-corrected chi connectivity index (χ0v) is 32.7. The lowest BCUT2D eigenvalue weighted by Gasteiger charge is -2.15. The van der Waals surface area contributed by atoms with Gasteiger partial charge in [0.25, 0.3) is 0 Å². The quantitative estimate of drug-likeness (QED) is 0.198. The molecule has 0 saturated carbocycles. The van der Waals surface area contributed by atoms with Gasteiger partial charge < -0.3 is 56.8 Å². The molecule has 0 radical (unpaired) electrons. The topological polar surface area (TPSA) is 145 Å². The summed E-state index contributed by atoms with van der Waals surface area (Å²) in [6, 6.07) is 25.1. The van der Waals surface area contributed by atoms with Gasteiger partial charge in [-0.15, -0.1) is 0 Å². The first-order chi connectivity index (χ1) is 28.7. The highest BCUT2D eigenvalue weighted by molar-refractivity contribution is 5.79. The van der Waals surface area contributed by atoms with E-state index in [1.807, 2.05) is 36.4 Å². The number of benzene rings is 4. The standard InChI is InChI=1S/C44H52O14/c45-31-36-5-1-3-7-42(36)57-33-35-27-40-29-41(28-35)55-25-21-51-17-13-48-14-18-52-22-26-56-44-30-39(53-23-19-49-15-11-47-12-16-50-20-24-54-40)10-9-38(44)34-58-43-8-4-2-6-37(43)32-46/h1-10,27-32H,11-26,33-34H2. The molecule has 1 aliphatic heterocycles. The average Bonchev–Trinajstić information content (AvgIpc) is 3.25. The smallest absolute Gasteiger partial charge is 0.153 e. The third-order valence-electron chi connectivity index (χ3n) is 8.31. The van der Waals surface area contributed by atoms with Gasteiger partial charge in [0.1, 0.15) is 74.1 Å². The summed E-state index contributed by atoms with van der Waals surface area (Å²) in [5.41, 5.74) is 2.52. The Kier molecular flexibility index (Phi) is 20.2. The molecule has 0 fully saturated rings. The van der Waals surface area contributed by atoms with Gasteiger partial charge in [-0.25, -0.2) is 0 Å². The van der Waals surface area contributed by atoms with Crippen molar-refractivity contribution in [2.75, 3.05) is 106 Å². The van der Waals surface area contributed by atoms with E-state index in [0.29, 0.717) is 145 Å². The predicted octanol–water partition coefficient (Wildman–Crippen LogP) is 5.80. The van der Waals surface area contributed by atoms with Gasteiger partial charge in [-0.3, -0.25) is 9.59 Å². The fourth-order valence-electron chi connectivity index (χ4n) is 5.44. The van der Waals surface area contributed by atoms with Crippen molar-refractivity contribution in [3.63, 3.8) is 0 Å². The Morgan fingerprint density at radius 1 is 0.414 bits per heavy atom. The molecule has 0 aromatic heterocycles. The van der Waals surface area contributed by atoms with Crippen molar-refractivity contribution < 1.29 is 66.4 Å². The van der Waals surface area contributed by atoms with Gasteiger partial charge in [-0.05, 0) is 54.1 Å². The second kappa shape index (κ2) is 26.7. The third kappa shape index (κ3) is 16.3. The minimum Gasteiger partial charge on any atom is -0.491 e. The Morgan fingerprint density at radius 3 is 1.31 bits per heavy atom. The van der Waals surface area contributed by atoms with Crippen LogP contribution in [0.5, 0.6) is 34.5 Å². The molecule has 0 N–H and O–H groups in total. The van der Waals surface area contributed by atoms with E-state index in [2.05, 4.69) is 0 Å². The van der Waals surface area contributed by atoms with Gasteiger partial charge in [0.15, 0.2) is 12.6 Å². The molecule has 14 nitrogen and oxygen atoms in total. The van der Waals surface area contributed by atoms with Crippen molar-refractivity contribution in [3.8, 4) is 34.5 Å². The fourth-order valence-corrected chi connectivity index (χ4v) is 5.44. The van der Waals surface area contributed by atoms with E-state index in [0.717, 1.165) is 23.7 Å². The first kappa shape index (κ1) is 43.9. The number of aldehydes is 2. The number of ether oxygens (including phenoxy) is 12. The maximum Gasteiger partial charge on any atom is 0.153 e. The minimum atomic E-state index is 0.189. The van der Waals surface area contributed by atoms with Crippen LogP contribution in [-0.2, 0) is 41.6 Å². The zero-order valence-electron chi connectivity index (χ0n) is 32.7. The number of carbonyl (C=O) groups excluding carboxylic acids is 2. The second-order valence-corrected chi connectivity index (χ2v) is 12.5. The van der Waals surface area contributed by atoms with Gasteiger partial charge >= 0.3 is 0 Å². The van der Waals surface area contributed by atoms with Gasteiger partial charge in [-0.2, -0.15) is 0 Å². The molecule has 0 atom stereocenters. The van der Waals surface area contributed by atoms with E-state index >= 15 is 0 Å². The molecule has 4 bridgehead atoms. The van der Waals surface area contributed by atoms with Crippen molar-refractivity contribution >= 4 is 12.6 Å². The maximum atomic E-state index is 11.5. The lowest BCUT2D eigenvalue weighted by Crippen LogP contribution is -2.15. The lowest BCUT2D eigenvalue weighted by molar-refractivity contribution is 0.00428. The molecule has 0 spiro atoms. The van der Waals surface area contributed by atoms with Crippen LogP contribution in [0.4, 0.5) is 0 Å². The number of para-hydroxylation sites is 2. The fraction of sp³-hybridized carbons (Fsp3) is 0.409. The molecule has 1 aliphatic rings. The molecule has 14 heteroatoms. The molecule has 5 rings (SSSR count). The Balaban J connectivity index is 1.10. The van der Waals surface area contributed by atoms with Crippen molar-refractivity contribution in [2.45, 2.75) is 13.2 Å². The Bertz CT molecular complexity index is 1780. The minimum absolute atomic E-state index is 0.189. The van der Waals surface area contributed by atoms with Crippen LogP contribution in [0.1, 0.15) is 31.8 Å². The van der Waals surface area contributed by atoms with E-state index in [1.165, 1.54) is 0 Å². The molecule has 0 unspecified atom stereocenters. The van der Waals surface area contributed by atoms with Crippen molar-refractivity contribution in [2.24, 2.45) is 0 Å². The van der Waals surface area contributed by atoms with Crippen LogP contribution in [-0.4, -0.2) is 118 Å². The summed E-state index contributed by atoms with van der Waals surface area (Å²) in [4.78, 5) is 22.9. The summed E-state index contributed by atoms with van der Waals surface area (Å²) in [5, 5.41) is 0. The molecule has 4 aromatic rings. The normalized spacial score (nSPS) is 16.3. The van der Waals surface area contributed by atoms with E-state index < -0.39 is 0 Å². The summed E-state index contributed by atoms with van der Waals surface area (Å²) < 4.78 is 69.9.